The Bertz CT molecular complexity index is 520. The molecule has 0 unspecified atom stereocenters. The number of benzene rings is 1. The molecule has 0 saturated heterocycles. The van der Waals surface area contributed by atoms with Crippen molar-refractivity contribution in [2.75, 3.05) is 0 Å². The third-order valence-corrected chi connectivity index (χ3v) is 2.00. The second-order valence-electron chi connectivity index (χ2n) is 2.97. The summed E-state index contributed by atoms with van der Waals surface area (Å²) >= 11 is 0. The van der Waals surface area contributed by atoms with Gasteiger partial charge in [0.2, 0.25) is 0 Å². The normalized spacial score (nSPS) is 9.53. The highest BCUT2D eigenvalue weighted by atomic mass is 16.1. The first-order valence-electron chi connectivity index (χ1n) is 4.35. The number of hydrogen-bond donors (Lipinski definition) is 0. The first-order chi connectivity index (χ1) is 7.33. The maximum atomic E-state index is 10.4. The molecule has 1 aromatic carbocycles. The Hall–Kier alpha value is -2.41. The first-order valence-corrected chi connectivity index (χ1v) is 4.35. The lowest BCUT2D eigenvalue weighted by atomic mass is 10.2. The fraction of sp³-hybridized carbons (Fsp3) is 0. The van der Waals surface area contributed by atoms with Gasteiger partial charge in [0.1, 0.15) is 12.4 Å². The van der Waals surface area contributed by atoms with Gasteiger partial charge in [0.25, 0.3) is 0 Å². The zero-order valence-electron chi connectivity index (χ0n) is 7.79. The lowest BCUT2D eigenvalue weighted by Crippen LogP contribution is -1.95. The summed E-state index contributed by atoms with van der Waals surface area (Å²) in [5.74, 6) is 0. The van der Waals surface area contributed by atoms with Crippen molar-refractivity contribution < 1.29 is 4.79 Å². The fourth-order valence-electron chi connectivity index (χ4n) is 1.23. The highest BCUT2D eigenvalue weighted by Crippen LogP contribution is 2.08. The SMILES string of the molecule is N#Cc1ccn(-c2ccc(C=O)cc2)n1. The molecule has 0 bridgehead atoms. The number of carbonyl (C=O) groups is 1. The summed E-state index contributed by atoms with van der Waals surface area (Å²) in [6.45, 7) is 0. The van der Waals surface area contributed by atoms with Crippen LogP contribution in [0, 0.1) is 11.3 Å². The van der Waals surface area contributed by atoms with Gasteiger partial charge in [0, 0.05) is 11.8 Å². The van der Waals surface area contributed by atoms with Gasteiger partial charge in [0.05, 0.1) is 5.69 Å². The number of rotatable bonds is 2. The van der Waals surface area contributed by atoms with E-state index in [1.54, 1.807) is 41.2 Å². The van der Waals surface area contributed by atoms with Gasteiger partial charge in [0.15, 0.2) is 5.69 Å². The second-order valence-corrected chi connectivity index (χ2v) is 2.97. The van der Waals surface area contributed by atoms with Gasteiger partial charge in [-0.05, 0) is 30.3 Å². The largest absolute Gasteiger partial charge is 0.298 e. The quantitative estimate of drug-likeness (QED) is 0.686. The van der Waals surface area contributed by atoms with Gasteiger partial charge in [-0.15, -0.1) is 0 Å². The average molecular weight is 197 g/mol. The standard InChI is InChI=1S/C11H7N3O/c12-7-10-5-6-14(13-10)11-3-1-9(8-15)2-4-11/h1-6,8H. The number of aldehydes is 1. The smallest absolute Gasteiger partial charge is 0.162 e. The number of nitriles is 1. The molecule has 0 aliphatic rings. The zero-order valence-corrected chi connectivity index (χ0v) is 7.79. The van der Waals surface area contributed by atoms with Crippen molar-refractivity contribution in [3.8, 4) is 11.8 Å². The van der Waals surface area contributed by atoms with Crippen LogP contribution in [-0.4, -0.2) is 16.1 Å². The Morgan fingerprint density at radius 3 is 2.53 bits per heavy atom. The van der Waals surface area contributed by atoms with Crippen molar-refractivity contribution in [2.45, 2.75) is 0 Å². The summed E-state index contributed by atoms with van der Waals surface area (Å²) in [5, 5.41) is 12.6. The molecule has 2 aromatic rings. The molecule has 0 spiro atoms. The van der Waals surface area contributed by atoms with Gasteiger partial charge in [-0.2, -0.15) is 10.4 Å². The average Bonchev–Trinajstić information content (AvgIpc) is 2.78. The van der Waals surface area contributed by atoms with E-state index in [1.807, 2.05) is 6.07 Å². The minimum absolute atomic E-state index is 0.370. The van der Waals surface area contributed by atoms with Crippen LogP contribution in [-0.2, 0) is 0 Å². The third-order valence-electron chi connectivity index (χ3n) is 2.00. The fourth-order valence-corrected chi connectivity index (χ4v) is 1.23. The Labute approximate surface area is 86.4 Å². The maximum absolute atomic E-state index is 10.4. The van der Waals surface area contributed by atoms with Crippen molar-refractivity contribution in [1.82, 2.24) is 9.78 Å². The van der Waals surface area contributed by atoms with Crippen LogP contribution >= 0.6 is 0 Å². The van der Waals surface area contributed by atoms with Crippen LogP contribution in [0.25, 0.3) is 5.69 Å². The molecule has 0 N–H and O–H groups in total. The van der Waals surface area contributed by atoms with E-state index in [9.17, 15) is 4.79 Å². The Morgan fingerprint density at radius 1 is 1.27 bits per heavy atom. The number of hydrogen-bond acceptors (Lipinski definition) is 3. The number of aromatic nitrogens is 2. The number of carbonyl (C=O) groups excluding carboxylic acids is 1. The van der Waals surface area contributed by atoms with Crippen molar-refractivity contribution in [3.63, 3.8) is 0 Å². The van der Waals surface area contributed by atoms with E-state index in [-0.39, 0.29) is 0 Å². The Balaban J connectivity index is 2.37. The van der Waals surface area contributed by atoms with E-state index >= 15 is 0 Å². The molecule has 4 nitrogen and oxygen atoms in total. The first kappa shape index (κ1) is 9.16. The lowest BCUT2D eigenvalue weighted by Gasteiger charge is -1.99. The van der Waals surface area contributed by atoms with Gasteiger partial charge >= 0.3 is 0 Å². The minimum Gasteiger partial charge on any atom is -0.298 e. The predicted octanol–water partition coefficient (Wildman–Crippen LogP) is 1.56. The van der Waals surface area contributed by atoms with Crippen molar-refractivity contribution in [3.05, 3.63) is 47.8 Å². The van der Waals surface area contributed by atoms with Crippen LogP contribution < -0.4 is 0 Å². The molecular weight excluding hydrogens is 190 g/mol. The van der Waals surface area contributed by atoms with Gasteiger partial charge in [-0.3, -0.25) is 4.79 Å². The molecule has 0 aliphatic carbocycles. The zero-order chi connectivity index (χ0) is 10.7. The molecule has 15 heavy (non-hydrogen) atoms. The van der Waals surface area contributed by atoms with E-state index in [0.29, 0.717) is 11.3 Å². The van der Waals surface area contributed by atoms with E-state index in [2.05, 4.69) is 5.10 Å². The Morgan fingerprint density at radius 2 is 2.00 bits per heavy atom. The molecule has 72 valence electrons. The van der Waals surface area contributed by atoms with E-state index in [4.69, 9.17) is 5.26 Å². The Kier molecular flexibility index (Phi) is 2.30. The predicted molar refractivity (Wildman–Crippen MR) is 53.7 cm³/mol. The van der Waals surface area contributed by atoms with E-state index in [1.165, 1.54) is 0 Å². The third kappa shape index (κ3) is 1.76. The molecule has 0 aliphatic heterocycles. The monoisotopic (exact) mass is 197 g/mol. The van der Waals surface area contributed by atoms with E-state index in [0.717, 1.165) is 12.0 Å². The molecule has 1 aromatic heterocycles. The van der Waals surface area contributed by atoms with Crippen LogP contribution in [0.1, 0.15) is 16.1 Å². The molecule has 0 amide bonds. The van der Waals surface area contributed by atoms with Crippen LogP contribution in [0.5, 0.6) is 0 Å². The summed E-state index contributed by atoms with van der Waals surface area (Å²) < 4.78 is 1.59. The molecule has 0 saturated carbocycles. The summed E-state index contributed by atoms with van der Waals surface area (Å²) in [4.78, 5) is 10.4. The topological polar surface area (TPSA) is 58.7 Å². The molecular formula is C11H7N3O. The molecule has 4 heteroatoms. The van der Waals surface area contributed by atoms with E-state index < -0.39 is 0 Å². The molecule has 1 heterocycles. The van der Waals surface area contributed by atoms with Crippen molar-refractivity contribution in [2.24, 2.45) is 0 Å². The summed E-state index contributed by atoms with van der Waals surface area (Å²) in [6, 6.07) is 10.5. The van der Waals surface area contributed by atoms with Crippen LogP contribution in [0.3, 0.4) is 0 Å². The van der Waals surface area contributed by atoms with Crippen molar-refractivity contribution in [1.29, 1.82) is 5.26 Å². The van der Waals surface area contributed by atoms with Crippen LogP contribution in [0.2, 0.25) is 0 Å². The highest BCUT2D eigenvalue weighted by molar-refractivity contribution is 5.75. The van der Waals surface area contributed by atoms with Gasteiger partial charge < -0.3 is 0 Å². The van der Waals surface area contributed by atoms with Crippen molar-refractivity contribution >= 4 is 6.29 Å². The summed E-state index contributed by atoms with van der Waals surface area (Å²) in [7, 11) is 0. The van der Waals surface area contributed by atoms with Crippen LogP contribution in [0.4, 0.5) is 0 Å². The lowest BCUT2D eigenvalue weighted by molar-refractivity contribution is 0.112. The molecule has 2 rings (SSSR count). The minimum atomic E-state index is 0.370. The number of nitrogens with zero attached hydrogens (tertiary/aromatic N) is 3. The molecule has 0 atom stereocenters. The van der Waals surface area contributed by atoms with Gasteiger partial charge in [-0.1, -0.05) is 0 Å². The maximum Gasteiger partial charge on any atom is 0.162 e. The summed E-state index contributed by atoms with van der Waals surface area (Å²) in [6.07, 6.45) is 2.49. The van der Waals surface area contributed by atoms with Gasteiger partial charge in [-0.25, -0.2) is 4.68 Å². The molecule has 0 fully saturated rings. The summed E-state index contributed by atoms with van der Waals surface area (Å²) in [5.41, 5.74) is 1.81. The molecule has 0 radical (unpaired) electrons. The highest BCUT2D eigenvalue weighted by Gasteiger charge is 1.99. The second kappa shape index (κ2) is 3.76. The van der Waals surface area contributed by atoms with Crippen LogP contribution in [0.15, 0.2) is 36.5 Å².